The Bertz CT molecular complexity index is 628. The molecule has 0 unspecified atom stereocenters. The molecule has 1 aromatic carbocycles. The maximum atomic E-state index is 11.9. The fraction of sp³-hybridized carbons (Fsp3) is 0.154. The number of nitrogens with zero attached hydrogens (tertiary/aromatic N) is 3. The molecular formula is C13H12N4O. The molecule has 5 heteroatoms. The first-order valence-electron chi connectivity index (χ1n) is 5.73. The fourth-order valence-corrected chi connectivity index (χ4v) is 1.83. The van der Waals surface area contributed by atoms with Crippen LogP contribution in [0, 0.1) is 0 Å². The van der Waals surface area contributed by atoms with Crippen LogP contribution in [-0.2, 0) is 0 Å². The van der Waals surface area contributed by atoms with Gasteiger partial charge < -0.3 is 5.32 Å². The molecule has 0 radical (unpaired) electrons. The van der Waals surface area contributed by atoms with Crippen molar-refractivity contribution in [2.45, 2.75) is 13.3 Å². The highest BCUT2D eigenvalue weighted by atomic mass is 16.2. The zero-order valence-corrected chi connectivity index (χ0v) is 9.92. The van der Waals surface area contributed by atoms with Gasteiger partial charge in [0.2, 0.25) is 5.95 Å². The van der Waals surface area contributed by atoms with Crippen molar-refractivity contribution < 1.29 is 4.79 Å². The van der Waals surface area contributed by atoms with Crippen LogP contribution in [0.1, 0.15) is 18.1 Å². The van der Waals surface area contributed by atoms with Gasteiger partial charge in [0.1, 0.15) is 0 Å². The van der Waals surface area contributed by atoms with Crippen molar-refractivity contribution >= 4 is 11.9 Å². The molecule has 0 spiro atoms. The van der Waals surface area contributed by atoms with E-state index in [0.29, 0.717) is 18.2 Å². The van der Waals surface area contributed by atoms with Crippen molar-refractivity contribution in [1.82, 2.24) is 14.8 Å². The van der Waals surface area contributed by atoms with Gasteiger partial charge in [-0.25, -0.2) is 0 Å². The third-order valence-electron chi connectivity index (χ3n) is 2.77. The first kappa shape index (κ1) is 10.7. The quantitative estimate of drug-likeness (QED) is 0.830. The number of carbonyl (C=O) groups excluding carboxylic acids is 1. The average molecular weight is 240 g/mol. The molecule has 0 bridgehead atoms. The lowest BCUT2D eigenvalue weighted by Crippen LogP contribution is -2.12. The van der Waals surface area contributed by atoms with Crippen LogP contribution < -0.4 is 5.32 Å². The molecule has 0 saturated carbocycles. The second kappa shape index (κ2) is 4.10. The third kappa shape index (κ3) is 1.79. The molecule has 2 aromatic rings. The predicted octanol–water partition coefficient (Wildman–Crippen LogP) is 2.30. The molecule has 5 nitrogen and oxygen atoms in total. The molecular weight excluding hydrogens is 228 g/mol. The molecule has 1 aliphatic rings. The average Bonchev–Trinajstić information content (AvgIpc) is 2.76. The van der Waals surface area contributed by atoms with Gasteiger partial charge in [0, 0.05) is 17.7 Å². The van der Waals surface area contributed by atoms with Crippen LogP contribution in [0.4, 0.5) is 5.95 Å². The molecule has 90 valence electrons. The topological polar surface area (TPSA) is 59.8 Å². The van der Waals surface area contributed by atoms with Crippen LogP contribution in [0.25, 0.3) is 11.4 Å². The number of hydrogen-bond acceptors (Lipinski definition) is 4. The number of nitrogens with one attached hydrogen (secondary N) is 1. The summed E-state index contributed by atoms with van der Waals surface area (Å²) in [7, 11) is 0. The molecule has 0 atom stereocenters. The number of fused-ring (bicyclic) bond motifs is 1. The van der Waals surface area contributed by atoms with Crippen molar-refractivity contribution in [3.8, 4) is 11.4 Å². The van der Waals surface area contributed by atoms with E-state index in [4.69, 9.17) is 0 Å². The number of allylic oxidation sites excluding steroid dienone is 2. The van der Waals surface area contributed by atoms with E-state index in [1.54, 1.807) is 0 Å². The van der Waals surface area contributed by atoms with Crippen molar-refractivity contribution in [2.75, 3.05) is 5.32 Å². The Labute approximate surface area is 104 Å². The molecule has 0 saturated heterocycles. The summed E-state index contributed by atoms with van der Waals surface area (Å²) in [6, 6.07) is 9.61. The van der Waals surface area contributed by atoms with Crippen LogP contribution in [0.15, 0.2) is 42.1 Å². The number of anilines is 1. The van der Waals surface area contributed by atoms with Gasteiger partial charge in [0.25, 0.3) is 5.91 Å². The van der Waals surface area contributed by atoms with Crippen LogP contribution in [-0.4, -0.2) is 20.7 Å². The van der Waals surface area contributed by atoms with Crippen molar-refractivity contribution in [3.05, 3.63) is 42.1 Å². The lowest BCUT2D eigenvalue weighted by Gasteiger charge is -2.00. The molecule has 0 fully saturated rings. The van der Waals surface area contributed by atoms with Gasteiger partial charge in [-0.15, -0.1) is 5.10 Å². The maximum absolute atomic E-state index is 11.9. The Hall–Kier alpha value is -2.43. The van der Waals surface area contributed by atoms with Gasteiger partial charge in [-0.2, -0.15) is 9.67 Å². The smallest absolute Gasteiger partial charge is 0.253 e. The predicted molar refractivity (Wildman–Crippen MR) is 68.1 cm³/mol. The van der Waals surface area contributed by atoms with Gasteiger partial charge in [-0.05, 0) is 6.92 Å². The van der Waals surface area contributed by atoms with E-state index in [2.05, 4.69) is 15.4 Å². The highest BCUT2D eigenvalue weighted by molar-refractivity contribution is 5.84. The number of aromatic nitrogens is 3. The first-order valence-corrected chi connectivity index (χ1v) is 5.73. The summed E-state index contributed by atoms with van der Waals surface area (Å²) < 4.78 is 1.33. The Kier molecular flexibility index (Phi) is 2.44. The first-order chi connectivity index (χ1) is 8.74. The van der Waals surface area contributed by atoms with Gasteiger partial charge in [0.05, 0.1) is 0 Å². The molecule has 0 aliphatic carbocycles. The highest BCUT2D eigenvalue weighted by Crippen LogP contribution is 2.20. The van der Waals surface area contributed by atoms with E-state index < -0.39 is 0 Å². The van der Waals surface area contributed by atoms with E-state index in [-0.39, 0.29) is 5.91 Å². The Balaban J connectivity index is 2.07. The summed E-state index contributed by atoms with van der Waals surface area (Å²) in [5, 5.41) is 7.33. The minimum Gasteiger partial charge on any atom is -0.328 e. The Morgan fingerprint density at radius 2 is 2.06 bits per heavy atom. The Morgan fingerprint density at radius 3 is 2.83 bits per heavy atom. The molecule has 18 heavy (non-hydrogen) atoms. The van der Waals surface area contributed by atoms with E-state index in [1.807, 2.05) is 43.3 Å². The monoisotopic (exact) mass is 240 g/mol. The normalized spacial score (nSPS) is 14.5. The second-order valence-electron chi connectivity index (χ2n) is 4.15. The van der Waals surface area contributed by atoms with Crippen LogP contribution in [0.5, 0.6) is 0 Å². The van der Waals surface area contributed by atoms with E-state index >= 15 is 0 Å². The van der Waals surface area contributed by atoms with Crippen molar-refractivity contribution in [2.24, 2.45) is 0 Å². The van der Waals surface area contributed by atoms with Crippen molar-refractivity contribution in [1.29, 1.82) is 0 Å². The van der Waals surface area contributed by atoms with Gasteiger partial charge in [0.15, 0.2) is 5.82 Å². The lowest BCUT2D eigenvalue weighted by molar-refractivity contribution is 0.0905. The summed E-state index contributed by atoms with van der Waals surface area (Å²) in [4.78, 5) is 16.2. The van der Waals surface area contributed by atoms with Gasteiger partial charge in [-0.1, -0.05) is 36.4 Å². The van der Waals surface area contributed by atoms with Gasteiger partial charge >= 0.3 is 0 Å². The number of rotatable bonds is 1. The summed E-state index contributed by atoms with van der Waals surface area (Å²) in [5.74, 6) is 0.954. The van der Waals surface area contributed by atoms with E-state index in [1.165, 1.54) is 4.68 Å². The third-order valence-corrected chi connectivity index (χ3v) is 2.77. The summed E-state index contributed by atoms with van der Waals surface area (Å²) in [6.07, 6.45) is 2.17. The molecule has 2 heterocycles. The molecule has 1 N–H and O–H groups in total. The summed E-state index contributed by atoms with van der Waals surface area (Å²) in [5.41, 5.74) is 1.81. The zero-order valence-electron chi connectivity index (χ0n) is 9.92. The maximum Gasteiger partial charge on any atom is 0.253 e. The SMILES string of the molecule is CC1=CCC(=O)n2nc(-c3ccccc3)nc2N1. The zero-order chi connectivity index (χ0) is 12.5. The summed E-state index contributed by atoms with van der Waals surface area (Å²) >= 11 is 0. The molecule has 1 aromatic heterocycles. The van der Waals surface area contributed by atoms with Crippen molar-refractivity contribution in [3.63, 3.8) is 0 Å². The largest absolute Gasteiger partial charge is 0.328 e. The highest BCUT2D eigenvalue weighted by Gasteiger charge is 2.18. The lowest BCUT2D eigenvalue weighted by atomic mass is 10.2. The van der Waals surface area contributed by atoms with Crippen LogP contribution in [0.2, 0.25) is 0 Å². The van der Waals surface area contributed by atoms with E-state index in [0.717, 1.165) is 11.3 Å². The summed E-state index contributed by atoms with van der Waals surface area (Å²) in [6.45, 7) is 1.90. The van der Waals surface area contributed by atoms with Gasteiger partial charge in [-0.3, -0.25) is 4.79 Å². The Morgan fingerprint density at radius 1 is 1.28 bits per heavy atom. The fourth-order valence-electron chi connectivity index (χ4n) is 1.83. The van der Waals surface area contributed by atoms with E-state index in [9.17, 15) is 4.79 Å². The molecule has 3 rings (SSSR count). The molecule has 0 amide bonds. The van der Waals surface area contributed by atoms with Crippen LogP contribution >= 0.6 is 0 Å². The van der Waals surface area contributed by atoms with Crippen LogP contribution in [0.3, 0.4) is 0 Å². The molecule has 1 aliphatic heterocycles. The second-order valence-corrected chi connectivity index (χ2v) is 4.15. The minimum atomic E-state index is -0.0796. The standard InChI is InChI=1S/C13H12N4O/c1-9-7-8-11(18)17-13(14-9)15-12(16-17)10-5-3-2-4-6-10/h2-7H,8H2,1H3,(H,14,15,16). The number of benzene rings is 1. The minimum absolute atomic E-state index is 0.0796. The number of carbonyl (C=O) groups is 1. The number of hydrogen-bond donors (Lipinski definition) is 1.